The number of carbonyl (C=O) groups excluding carboxylic acids is 1. The minimum Gasteiger partial charge on any atom is -0.384 e. The van der Waals surface area contributed by atoms with Gasteiger partial charge < -0.3 is 10.4 Å². The van der Waals surface area contributed by atoms with Crippen LogP contribution in [0.1, 0.15) is 12.5 Å². The van der Waals surface area contributed by atoms with Crippen molar-refractivity contribution in [1.82, 2.24) is 0 Å². The summed E-state index contributed by atoms with van der Waals surface area (Å²) in [6, 6.07) is 5.19. The summed E-state index contributed by atoms with van der Waals surface area (Å²) in [5.74, 6) is -0.440. The van der Waals surface area contributed by atoms with Gasteiger partial charge in [0.05, 0.1) is 0 Å². The van der Waals surface area contributed by atoms with Crippen molar-refractivity contribution in [2.24, 2.45) is 0 Å². The van der Waals surface area contributed by atoms with Gasteiger partial charge in [0.15, 0.2) is 0 Å². The molecule has 0 aliphatic carbocycles. The molecule has 1 amide bonds. The number of aliphatic hydroxyl groups is 1. The van der Waals surface area contributed by atoms with Gasteiger partial charge in [0.2, 0.25) is 0 Å². The minimum absolute atomic E-state index is 0.440. The summed E-state index contributed by atoms with van der Waals surface area (Å²) in [5.41, 5.74) is 1.54. The topological polar surface area (TPSA) is 49.3 Å². The molecule has 1 unspecified atom stereocenters. The van der Waals surface area contributed by atoms with Crippen molar-refractivity contribution in [2.45, 2.75) is 20.0 Å². The lowest BCUT2D eigenvalue weighted by molar-refractivity contribution is -0.123. The molecule has 3 nitrogen and oxygen atoms in total. The number of rotatable bonds is 2. The Kier molecular flexibility index (Phi) is 3.49. The maximum Gasteiger partial charge on any atom is 0.252 e. The molecule has 0 fully saturated rings. The highest BCUT2D eigenvalue weighted by molar-refractivity contribution is 6.31. The molecule has 0 radical (unpaired) electrons. The van der Waals surface area contributed by atoms with E-state index in [1.807, 2.05) is 6.92 Å². The molecular weight excluding hydrogens is 202 g/mol. The number of amides is 1. The monoisotopic (exact) mass is 213 g/mol. The first-order chi connectivity index (χ1) is 6.50. The normalized spacial score (nSPS) is 12.3. The third-order valence-corrected chi connectivity index (χ3v) is 2.23. The number of hydrogen-bond acceptors (Lipinski definition) is 2. The zero-order chi connectivity index (χ0) is 10.7. The molecule has 0 aromatic heterocycles. The van der Waals surface area contributed by atoms with E-state index in [4.69, 9.17) is 16.7 Å². The first-order valence-electron chi connectivity index (χ1n) is 4.26. The van der Waals surface area contributed by atoms with Gasteiger partial charge >= 0.3 is 0 Å². The fraction of sp³-hybridized carbons (Fsp3) is 0.300. The van der Waals surface area contributed by atoms with E-state index in [9.17, 15) is 4.79 Å². The van der Waals surface area contributed by atoms with Crippen LogP contribution in [0.15, 0.2) is 18.2 Å². The Morgan fingerprint density at radius 2 is 2.21 bits per heavy atom. The third kappa shape index (κ3) is 2.72. The number of halogens is 1. The van der Waals surface area contributed by atoms with Gasteiger partial charge in [0.25, 0.3) is 5.91 Å². The maximum atomic E-state index is 11.1. The van der Waals surface area contributed by atoms with Gasteiger partial charge in [-0.05, 0) is 31.5 Å². The molecule has 1 rings (SSSR count). The third-order valence-electron chi connectivity index (χ3n) is 1.82. The molecule has 1 aromatic rings. The summed E-state index contributed by atoms with van der Waals surface area (Å²) >= 11 is 5.86. The predicted octanol–water partition coefficient (Wildman–Crippen LogP) is 1.97. The highest BCUT2D eigenvalue weighted by Gasteiger charge is 2.08. The van der Waals surface area contributed by atoms with E-state index < -0.39 is 12.0 Å². The van der Waals surface area contributed by atoms with E-state index in [0.29, 0.717) is 10.7 Å². The Morgan fingerprint density at radius 3 is 2.71 bits per heavy atom. The summed E-state index contributed by atoms with van der Waals surface area (Å²) in [6.45, 7) is 3.29. The van der Waals surface area contributed by atoms with E-state index in [-0.39, 0.29) is 0 Å². The van der Waals surface area contributed by atoms with Gasteiger partial charge in [0, 0.05) is 10.7 Å². The van der Waals surface area contributed by atoms with Crippen LogP contribution in [0, 0.1) is 6.92 Å². The van der Waals surface area contributed by atoms with Crippen LogP contribution in [0.25, 0.3) is 0 Å². The van der Waals surface area contributed by atoms with Crippen molar-refractivity contribution < 1.29 is 9.90 Å². The minimum atomic E-state index is -1.02. The fourth-order valence-electron chi connectivity index (χ4n) is 0.917. The second kappa shape index (κ2) is 4.44. The van der Waals surface area contributed by atoms with Crippen molar-refractivity contribution in [3.63, 3.8) is 0 Å². The average Bonchev–Trinajstić information content (AvgIpc) is 2.11. The summed E-state index contributed by atoms with van der Waals surface area (Å²) in [6.07, 6.45) is -1.02. The van der Waals surface area contributed by atoms with Gasteiger partial charge in [0.1, 0.15) is 6.10 Å². The molecule has 76 valence electrons. The Labute approximate surface area is 87.7 Å². The fourth-order valence-corrected chi connectivity index (χ4v) is 1.10. The average molecular weight is 214 g/mol. The van der Waals surface area contributed by atoms with Crippen LogP contribution in [0.5, 0.6) is 0 Å². The standard InChI is InChI=1S/C10H12ClNO2/c1-6-3-4-8(5-9(6)11)12-10(14)7(2)13/h3-5,7,13H,1-2H3,(H,12,14). The van der Waals surface area contributed by atoms with Crippen LogP contribution in [0.2, 0.25) is 5.02 Å². The number of benzene rings is 1. The molecule has 0 aliphatic rings. The van der Waals surface area contributed by atoms with Crippen LogP contribution in [0.3, 0.4) is 0 Å². The quantitative estimate of drug-likeness (QED) is 0.789. The smallest absolute Gasteiger partial charge is 0.252 e. The highest BCUT2D eigenvalue weighted by atomic mass is 35.5. The van der Waals surface area contributed by atoms with Crippen molar-refractivity contribution in [3.8, 4) is 0 Å². The second-order valence-electron chi connectivity index (χ2n) is 3.13. The van der Waals surface area contributed by atoms with Crippen LogP contribution in [-0.4, -0.2) is 17.1 Å². The van der Waals surface area contributed by atoms with Gasteiger partial charge in [-0.15, -0.1) is 0 Å². The molecule has 2 N–H and O–H groups in total. The Morgan fingerprint density at radius 1 is 1.57 bits per heavy atom. The first-order valence-corrected chi connectivity index (χ1v) is 4.63. The number of nitrogens with one attached hydrogen (secondary N) is 1. The Balaban J connectivity index is 2.78. The summed E-state index contributed by atoms with van der Waals surface area (Å²) in [5, 5.41) is 12.1. The molecule has 0 saturated carbocycles. The number of carbonyl (C=O) groups is 1. The lowest BCUT2D eigenvalue weighted by Gasteiger charge is -2.07. The van der Waals surface area contributed by atoms with Gasteiger partial charge in [-0.1, -0.05) is 17.7 Å². The van der Waals surface area contributed by atoms with Gasteiger partial charge in [-0.2, -0.15) is 0 Å². The van der Waals surface area contributed by atoms with E-state index in [2.05, 4.69) is 5.32 Å². The SMILES string of the molecule is Cc1ccc(NC(=O)C(C)O)cc1Cl. The largest absolute Gasteiger partial charge is 0.384 e. The number of aryl methyl sites for hydroxylation is 1. The lowest BCUT2D eigenvalue weighted by Crippen LogP contribution is -2.24. The zero-order valence-electron chi connectivity index (χ0n) is 8.04. The van der Waals surface area contributed by atoms with Crippen molar-refractivity contribution in [3.05, 3.63) is 28.8 Å². The van der Waals surface area contributed by atoms with E-state index in [1.165, 1.54) is 6.92 Å². The van der Waals surface area contributed by atoms with Gasteiger partial charge in [-0.25, -0.2) is 0 Å². The van der Waals surface area contributed by atoms with E-state index in [1.54, 1.807) is 18.2 Å². The maximum absolute atomic E-state index is 11.1. The van der Waals surface area contributed by atoms with E-state index >= 15 is 0 Å². The van der Waals surface area contributed by atoms with Crippen molar-refractivity contribution in [1.29, 1.82) is 0 Å². The number of aliphatic hydroxyl groups excluding tert-OH is 1. The zero-order valence-corrected chi connectivity index (χ0v) is 8.80. The highest BCUT2D eigenvalue weighted by Crippen LogP contribution is 2.19. The van der Waals surface area contributed by atoms with Crippen LogP contribution in [-0.2, 0) is 4.79 Å². The van der Waals surface area contributed by atoms with Gasteiger partial charge in [-0.3, -0.25) is 4.79 Å². The van der Waals surface area contributed by atoms with Crippen LogP contribution < -0.4 is 5.32 Å². The summed E-state index contributed by atoms with van der Waals surface area (Å²) in [4.78, 5) is 11.1. The first kappa shape index (κ1) is 11.0. The molecule has 0 bridgehead atoms. The molecule has 14 heavy (non-hydrogen) atoms. The van der Waals surface area contributed by atoms with Crippen molar-refractivity contribution in [2.75, 3.05) is 5.32 Å². The molecule has 0 saturated heterocycles. The Bertz CT molecular complexity index is 350. The molecule has 0 aliphatic heterocycles. The van der Waals surface area contributed by atoms with Crippen LogP contribution >= 0.6 is 11.6 Å². The molecule has 0 heterocycles. The van der Waals surface area contributed by atoms with Crippen LogP contribution in [0.4, 0.5) is 5.69 Å². The molecule has 1 atom stereocenters. The molecule has 4 heteroatoms. The number of hydrogen-bond donors (Lipinski definition) is 2. The molecule has 1 aromatic carbocycles. The summed E-state index contributed by atoms with van der Waals surface area (Å²) < 4.78 is 0. The molecular formula is C10H12ClNO2. The molecule has 0 spiro atoms. The Hall–Kier alpha value is -1.06. The van der Waals surface area contributed by atoms with Crippen molar-refractivity contribution >= 4 is 23.2 Å². The summed E-state index contributed by atoms with van der Waals surface area (Å²) in [7, 11) is 0. The second-order valence-corrected chi connectivity index (χ2v) is 3.54. The number of anilines is 1. The van der Waals surface area contributed by atoms with E-state index in [0.717, 1.165) is 5.56 Å². The predicted molar refractivity (Wildman–Crippen MR) is 56.5 cm³/mol. The lowest BCUT2D eigenvalue weighted by atomic mass is 10.2.